The van der Waals surface area contributed by atoms with Crippen molar-refractivity contribution in [2.24, 2.45) is 0 Å². The summed E-state index contributed by atoms with van der Waals surface area (Å²) in [5, 5.41) is 2.76. The maximum atomic E-state index is 12.8. The smallest absolute Gasteiger partial charge is 0.248 e. The third-order valence-electron chi connectivity index (χ3n) is 3.19. The lowest BCUT2D eigenvalue weighted by molar-refractivity contribution is -0.111. The van der Waals surface area contributed by atoms with Crippen LogP contribution in [0.25, 0.3) is 6.08 Å². The van der Waals surface area contributed by atoms with Crippen molar-refractivity contribution in [3.05, 3.63) is 58.3 Å². The van der Waals surface area contributed by atoms with Gasteiger partial charge in [0.1, 0.15) is 19.0 Å². The number of rotatable bonds is 3. The van der Waals surface area contributed by atoms with Crippen molar-refractivity contribution in [1.82, 2.24) is 0 Å². The third kappa shape index (κ3) is 3.90. The van der Waals surface area contributed by atoms with Crippen LogP contribution in [0.3, 0.4) is 0 Å². The van der Waals surface area contributed by atoms with E-state index in [1.165, 1.54) is 18.2 Å². The number of halogens is 2. The first-order valence-electron chi connectivity index (χ1n) is 6.95. The van der Waals surface area contributed by atoms with Crippen LogP contribution in [0.1, 0.15) is 5.56 Å². The largest absolute Gasteiger partial charge is 0.486 e. The molecule has 0 spiro atoms. The molecule has 1 aliphatic heterocycles. The zero-order valence-electron chi connectivity index (χ0n) is 12.0. The number of fused-ring (bicyclic) bond motifs is 1. The molecule has 3 rings (SSSR count). The minimum absolute atomic E-state index is 0.299. The zero-order chi connectivity index (χ0) is 16.2. The fourth-order valence-corrected chi connectivity index (χ4v) is 2.50. The van der Waals surface area contributed by atoms with Crippen LogP contribution in [0.5, 0.6) is 11.5 Å². The maximum Gasteiger partial charge on any atom is 0.248 e. The molecule has 0 saturated heterocycles. The Labute approximate surface area is 141 Å². The Morgan fingerprint density at radius 3 is 2.48 bits per heavy atom. The third-order valence-corrected chi connectivity index (χ3v) is 3.84. The molecule has 1 heterocycles. The van der Waals surface area contributed by atoms with Crippen LogP contribution in [-0.2, 0) is 4.79 Å². The van der Waals surface area contributed by atoms with E-state index in [0.717, 1.165) is 5.56 Å². The first kappa shape index (κ1) is 15.6. The second kappa shape index (κ2) is 6.83. The molecule has 2 aromatic rings. The number of hydrogen-bond acceptors (Lipinski definition) is 3. The zero-order valence-corrected chi connectivity index (χ0v) is 13.6. The molecule has 23 heavy (non-hydrogen) atoms. The molecule has 0 aromatic heterocycles. The van der Waals surface area contributed by atoms with Gasteiger partial charge < -0.3 is 14.8 Å². The number of hydrogen-bond donors (Lipinski definition) is 1. The number of benzene rings is 2. The summed E-state index contributed by atoms with van der Waals surface area (Å²) in [6.45, 7) is 0.984. The van der Waals surface area contributed by atoms with Crippen molar-refractivity contribution < 1.29 is 18.7 Å². The molecular weight excluding hydrogens is 365 g/mol. The van der Waals surface area contributed by atoms with E-state index >= 15 is 0 Å². The molecule has 6 heteroatoms. The van der Waals surface area contributed by atoms with Crippen molar-refractivity contribution in [1.29, 1.82) is 0 Å². The lowest BCUT2D eigenvalue weighted by Crippen LogP contribution is -2.16. The molecule has 1 aliphatic rings. The van der Waals surface area contributed by atoms with Crippen LogP contribution in [0.15, 0.2) is 46.9 Å². The highest BCUT2D eigenvalue weighted by Crippen LogP contribution is 2.38. The van der Waals surface area contributed by atoms with Crippen molar-refractivity contribution in [3.63, 3.8) is 0 Å². The molecule has 0 unspecified atom stereocenters. The highest BCUT2D eigenvalue weighted by molar-refractivity contribution is 9.10. The van der Waals surface area contributed by atoms with E-state index in [2.05, 4.69) is 21.2 Å². The minimum Gasteiger partial charge on any atom is -0.486 e. The summed E-state index contributed by atoms with van der Waals surface area (Å²) >= 11 is 3.39. The average Bonchev–Trinajstić information content (AvgIpc) is 2.55. The standard InChI is InChI=1S/C17H13BrFNO3/c18-13-9-15-16(23-8-7-22-15)10-14(13)20-17(21)6-3-11-1-4-12(19)5-2-11/h1-6,9-10H,7-8H2,(H,20,21)/b6-3+. The van der Waals surface area contributed by atoms with Crippen LogP contribution >= 0.6 is 15.9 Å². The molecule has 0 aliphatic carbocycles. The number of ether oxygens (including phenoxy) is 2. The van der Waals surface area contributed by atoms with Gasteiger partial charge >= 0.3 is 0 Å². The molecule has 4 nitrogen and oxygen atoms in total. The quantitative estimate of drug-likeness (QED) is 0.822. The van der Waals surface area contributed by atoms with Gasteiger partial charge in [-0.15, -0.1) is 0 Å². The predicted octanol–water partition coefficient (Wildman–Crippen LogP) is 4.01. The Bertz CT molecular complexity index is 759. The Hall–Kier alpha value is -2.34. The molecule has 0 saturated carbocycles. The van der Waals surface area contributed by atoms with E-state index in [0.29, 0.717) is 34.9 Å². The van der Waals surface area contributed by atoms with Gasteiger partial charge in [-0.25, -0.2) is 4.39 Å². The fraction of sp³-hybridized carbons (Fsp3) is 0.118. The Kier molecular flexibility index (Phi) is 4.62. The van der Waals surface area contributed by atoms with Gasteiger partial charge in [0.05, 0.1) is 5.69 Å². The summed E-state index contributed by atoms with van der Waals surface area (Å²) in [5.74, 6) is 0.624. The lowest BCUT2D eigenvalue weighted by atomic mass is 10.2. The number of nitrogens with one attached hydrogen (secondary N) is 1. The first-order valence-corrected chi connectivity index (χ1v) is 7.75. The second-order valence-electron chi connectivity index (χ2n) is 4.85. The summed E-state index contributed by atoms with van der Waals surface area (Å²) in [5.41, 5.74) is 1.32. The Balaban J connectivity index is 1.71. The van der Waals surface area contributed by atoms with E-state index in [9.17, 15) is 9.18 Å². The molecule has 118 valence electrons. The summed E-state index contributed by atoms with van der Waals surface area (Å²) < 4.78 is 24.5. The van der Waals surface area contributed by atoms with Crippen molar-refractivity contribution in [2.75, 3.05) is 18.5 Å². The monoisotopic (exact) mass is 377 g/mol. The van der Waals surface area contributed by atoms with Crippen LogP contribution in [-0.4, -0.2) is 19.1 Å². The topological polar surface area (TPSA) is 47.6 Å². The number of anilines is 1. The average molecular weight is 378 g/mol. The van der Waals surface area contributed by atoms with Crippen LogP contribution in [0.4, 0.5) is 10.1 Å². The first-order chi connectivity index (χ1) is 11.1. The van der Waals surface area contributed by atoms with Gasteiger partial charge in [0.25, 0.3) is 0 Å². The van der Waals surface area contributed by atoms with Gasteiger partial charge in [-0.2, -0.15) is 0 Å². The molecule has 0 bridgehead atoms. The van der Waals surface area contributed by atoms with E-state index in [1.807, 2.05) is 0 Å². The summed E-state index contributed by atoms with van der Waals surface area (Å²) in [7, 11) is 0. The van der Waals surface area contributed by atoms with E-state index in [-0.39, 0.29) is 11.7 Å². The summed E-state index contributed by atoms with van der Waals surface area (Å²) in [4.78, 5) is 12.0. The van der Waals surface area contributed by atoms with E-state index in [1.54, 1.807) is 30.3 Å². The summed E-state index contributed by atoms with van der Waals surface area (Å²) in [6, 6.07) is 9.35. The predicted molar refractivity (Wildman–Crippen MR) is 89.2 cm³/mol. The maximum absolute atomic E-state index is 12.8. The molecule has 1 N–H and O–H groups in total. The van der Waals surface area contributed by atoms with Gasteiger partial charge in [0.15, 0.2) is 11.5 Å². The van der Waals surface area contributed by atoms with Crippen LogP contribution in [0.2, 0.25) is 0 Å². The van der Waals surface area contributed by atoms with E-state index < -0.39 is 0 Å². The molecule has 0 fully saturated rings. The second-order valence-corrected chi connectivity index (χ2v) is 5.70. The van der Waals surface area contributed by atoms with Crippen molar-refractivity contribution in [2.45, 2.75) is 0 Å². The van der Waals surface area contributed by atoms with Crippen LogP contribution < -0.4 is 14.8 Å². The lowest BCUT2D eigenvalue weighted by Gasteiger charge is -2.19. The van der Waals surface area contributed by atoms with Gasteiger partial charge in [-0.1, -0.05) is 12.1 Å². The number of carbonyl (C=O) groups is 1. The Morgan fingerprint density at radius 1 is 1.13 bits per heavy atom. The highest BCUT2D eigenvalue weighted by Gasteiger charge is 2.15. The highest BCUT2D eigenvalue weighted by atomic mass is 79.9. The van der Waals surface area contributed by atoms with Gasteiger partial charge in [0.2, 0.25) is 5.91 Å². The molecule has 0 radical (unpaired) electrons. The number of amides is 1. The summed E-state index contributed by atoms with van der Waals surface area (Å²) in [6.07, 6.45) is 3.00. The van der Waals surface area contributed by atoms with E-state index in [4.69, 9.17) is 9.47 Å². The van der Waals surface area contributed by atoms with Gasteiger partial charge in [-0.3, -0.25) is 4.79 Å². The van der Waals surface area contributed by atoms with Crippen LogP contribution in [0, 0.1) is 5.82 Å². The normalized spacial score (nSPS) is 13.1. The van der Waals surface area contributed by atoms with Crippen molar-refractivity contribution in [3.8, 4) is 11.5 Å². The van der Waals surface area contributed by atoms with Gasteiger partial charge in [0, 0.05) is 22.7 Å². The molecule has 0 atom stereocenters. The van der Waals surface area contributed by atoms with Gasteiger partial charge in [-0.05, 0) is 39.7 Å². The molecule has 1 amide bonds. The molecular formula is C17H13BrFNO3. The SMILES string of the molecule is O=C(/C=C/c1ccc(F)cc1)Nc1cc2c(cc1Br)OCCO2. The fourth-order valence-electron chi connectivity index (χ4n) is 2.08. The van der Waals surface area contributed by atoms with Crippen molar-refractivity contribution >= 4 is 33.6 Å². The molecule has 2 aromatic carbocycles. The Morgan fingerprint density at radius 2 is 1.78 bits per heavy atom. The minimum atomic E-state index is -0.313. The number of carbonyl (C=O) groups excluding carboxylic acids is 1.